The monoisotopic (exact) mass is 620 g/mol. The van der Waals surface area contributed by atoms with E-state index in [0.29, 0.717) is 0 Å². The van der Waals surface area contributed by atoms with Crippen molar-refractivity contribution in [1.29, 1.82) is 0 Å². The number of esters is 6. The lowest BCUT2D eigenvalue weighted by atomic mass is 10.3. The van der Waals surface area contributed by atoms with Gasteiger partial charge in [0.05, 0.1) is 12.8 Å². The maximum absolute atomic E-state index is 12.1. The van der Waals surface area contributed by atoms with Crippen molar-refractivity contribution < 1.29 is 113 Å². The van der Waals surface area contributed by atoms with Crippen molar-refractivity contribution in [3.8, 4) is 0 Å². The largest absolute Gasteiger partial charge is 0.491 e. The van der Waals surface area contributed by atoms with Crippen molar-refractivity contribution in [2.24, 2.45) is 0 Å². The summed E-state index contributed by atoms with van der Waals surface area (Å²) in [6.45, 7) is 0. The number of hydrogen-bond donors (Lipinski definition) is 0. The van der Waals surface area contributed by atoms with Crippen LogP contribution < -0.4 is 0 Å². The van der Waals surface area contributed by atoms with E-state index in [9.17, 15) is 99.0 Å². The molecule has 1 aliphatic rings. The van der Waals surface area contributed by atoms with Crippen molar-refractivity contribution in [3.63, 3.8) is 0 Å². The van der Waals surface area contributed by atoms with Crippen molar-refractivity contribution in [2.75, 3.05) is 0 Å². The molecule has 0 N–H and O–H groups in total. The van der Waals surface area contributed by atoms with Crippen LogP contribution in [0.2, 0.25) is 0 Å². The Labute approximate surface area is 199 Å². The number of rotatable bonds is 2. The van der Waals surface area contributed by atoms with Crippen molar-refractivity contribution >= 4 is 35.8 Å². The number of alkyl halides is 16. The topological polar surface area (TPSA) is 130 Å². The lowest BCUT2D eigenvalue weighted by Gasteiger charge is -2.20. The molecule has 0 radical (unpaired) electrons. The Morgan fingerprint density at radius 2 is 0.718 bits per heavy atom. The van der Waals surface area contributed by atoms with E-state index >= 15 is 0 Å². The minimum absolute atomic E-state index is 0.263. The zero-order valence-electron chi connectivity index (χ0n) is 17.1. The van der Waals surface area contributed by atoms with Gasteiger partial charge in [-0.25, -0.2) is 19.2 Å². The summed E-state index contributed by atoms with van der Waals surface area (Å²) in [7, 11) is 0. The van der Waals surface area contributed by atoms with Gasteiger partial charge in [-0.3, -0.25) is 9.59 Å². The van der Waals surface area contributed by atoms with Crippen LogP contribution in [0.25, 0.3) is 0 Å². The number of carbonyl (C=O) groups is 6. The van der Waals surface area contributed by atoms with Crippen LogP contribution in [0.4, 0.5) is 70.2 Å². The maximum atomic E-state index is 12.1. The molecule has 39 heavy (non-hydrogen) atoms. The molecule has 0 saturated carbocycles. The fourth-order valence-electron chi connectivity index (χ4n) is 1.08. The SMILES string of the molecule is O=C(OC(=O)C(F)(F)C(F)(F)F)C(F)(F)C(F)(F)F.O=C(OC(=O)C(F)(F)F)C(F)(F)F.O=C1CCC(=O)O1. The van der Waals surface area contributed by atoms with Crippen LogP contribution in [-0.2, 0) is 43.0 Å². The molecule has 0 bridgehead atoms. The van der Waals surface area contributed by atoms with Crippen LogP contribution in [0, 0.1) is 0 Å². The van der Waals surface area contributed by atoms with Crippen molar-refractivity contribution in [3.05, 3.63) is 0 Å². The summed E-state index contributed by atoms with van der Waals surface area (Å²) in [6.07, 6.45) is -24.0. The number of halogens is 16. The van der Waals surface area contributed by atoms with E-state index in [0.717, 1.165) is 0 Å². The van der Waals surface area contributed by atoms with Gasteiger partial charge in [0.15, 0.2) is 0 Å². The van der Waals surface area contributed by atoms with Crippen molar-refractivity contribution in [2.45, 2.75) is 49.4 Å². The molecule has 25 heteroatoms. The van der Waals surface area contributed by atoms with Crippen LogP contribution in [0.5, 0.6) is 0 Å². The normalized spacial score (nSPS) is 14.7. The molecule has 9 nitrogen and oxygen atoms in total. The Kier molecular flexibility index (Phi) is 11.9. The van der Waals surface area contributed by atoms with Gasteiger partial charge in [-0.1, -0.05) is 0 Å². The number of hydrogen-bond acceptors (Lipinski definition) is 9. The molecular weight excluding hydrogens is 616 g/mol. The third-order valence-electron chi connectivity index (χ3n) is 2.82. The molecule has 1 rings (SSSR count). The zero-order chi connectivity index (χ0) is 32.0. The summed E-state index contributed by atoms with van der Waals surface area (Å²) < 4.78 is 193. The molecule has 0 aromatic heterocycles. The number of ether oxygens (including phenoxy) is 3. The van der Waals surface area contributed by atoms with E-state index in [1.54, 1.807) is 0 Å². The third kappa shape index (κ3) is 11.7. The van der Waals surface area contributed by atoms with Gasteiger partial charge in [-0.2, -0.15) is 70.2 Å². The minimum atomic E-state index is -6.63. The third-order valence-corrected chi connectivity index (χ3v) is 2.82. The van der Waals surface area contributed by atoms with Crippen molar-refractivity contribution in [1.82, 2.24) is 0 Å². The first-order valence-electron chi connectivity index (χ1n) is 8.18. The molecule has 1 saturated heterocycles. The first kappa shape index (κ1) is 37.5. The molecule has 1 fully saturated rings. The van der Waals surface area contributed by atoms with Gasteiger partial charge in [0.1, 0.15) is 0 Å². The summed E-state index contributed by atoms with van der Waals surface area (Å²) in [5, 5.41) is 0. The van der Waals surface area contributed by atoms with E-state index in [1.165, 1.54) is 0 Å². The second-order valence-corrected chi connectivity index (χ2v) is 5.84. The smallest absolute Gasteiger partial charge is 0.393 e. The van der Waals surface area contributed by atoms with Gasteiger partial charge in [0.2, 0.25) is 0 Å². The van der Waals surface area contributed by atoms with Crippen LogP contribution in [0.3, 0.4) is 0 Å². The lowest BCUT2D eigenvalue weighted by Crippen LogP contribution is -2.51. The fourth-order valence-corrected chi connectivity index (χ4v) is 1.08. The summed E-state index contributed by atoms with van der Waals surface area (Å²) in [4.78, 5) is 59.5. The Bertz CT molecular complexity index is 881. The van der Waals surface area contributed by atoms with Gasteiger partial charge in [0.25, 0.3) is 0 Å². The zero-order valence-corrected chi connectivity index (χ0v) is 17.1. The summed E-state index contributed by atoms with van der Waals surface area (Å²) >= 11 is 0. The molecular formula is C14H4F16O9. The second-order valence-electron chi connectivity index (χ2n) is 5.84. The Balaban J connectivity index is 0. The molecule has 1 heterocycles. The molecule has 226 valence electrons. The highest BCUT2D eigenvalue weighted by atomic mass is 19.4. The maximum Gasteiger partial charge on any atom is 0.491 e. The highest BCUT2D eigenvalue weighted by Gasteiger charge is 2.69. The van der Waals surface area contributed by atoms with Gasteiger partial charge in [-0.15, -0.1) is 0 Å². The Hall–Kier alpha value is -3.70. The van der Waals surface area contributed by atoms with E-state index in [2.05, 4.69) is 14.2 Å². The van der Waals surface area contributed by atoms with Crippen LogP contribution >= 0.6 is 0 Å². The van der Waals surface area contributed by atoms with E-state index in [-0.39, 0.29) is 12.8 Å². The van der Waals surface area contributed by atoms with E-state index in [1.807, 2.05) is 0 Å². The van der Waals surface area contributed by atoms with E-state index < -0.39 is 72.4 Å². The summed E-state index contributed by atoms with van der Waals surface area (Å²) in [5.41, 5.74) is 0. The first-order valence-corrected chi connectivity index (χ1v) is 8.18. The first-order chi connectivity index (χ1) is 16.9. The van der Waals surface area contributed by atoms with E-state index in [4.69, 9.17) is 0 Å². The molecule has 1 aliphatic heterocycles. The molecule has 0 aliphatic carbocycles. The molecule has 0 atom stereocenters. The Morgan fingerprint density at radius 3 is 0.872 bits per heavy atom. The van der Waals surface area contributed by atoms with Gasteiger partial charge >= 0.3 is 72.4 Å². The molecule has 0 aromatic carbocycles. The predicted molar refractivity (Wildman–Crippen MR) is 76.6 cm³/mol. The Morgan fingerprint density at radius 1 is 0.487 bits per heavy atom. The van der Waals surface area contributed by atoms with Crippen LogP contribution in [0.15, 0.2) is 0 Å². The lowest BCUT2D eigenvalue weighted by molar-refractivity contribution is -0.292. The second kappa shape index (κ2) is 12.4. The molecule has 0 spiro atoms. The van der Waals surface area contributed by atoms with Gasteiger partial charge < -0.3 is 14.2 Å². The number of cyclic esters (lactones) is 2. The quantitative estimate of drug-likeness (QED) is 0.197. The molecule has 0 amide bonds. The molecule has 0 aromatic rings. The number of carbonyl (C=O) groups excluding carboxylic acids is 6. The minimum Gasteiger partial charge on any atom is -0.393 e. The summed E-state index contributed by atoms with van der Waals surface area (Å²) in [6, 6.07) is 0. The average Bonchev–Trinajstić information content (AvgIpc) is 3.08. The van der Waals surface area contributed by atoms with Crippen LogP contribution in [0.1, 0.15) is 12.8 Å². The van der Waals surface area contributed by atoms with Crippen LogP contribution in [-0.4, -0.2) is 72.4 Å². The fraction of sp³-hybridized carbons (Fsp3) is 0.571. The highest BCUT2D eigenvalue weighted by Crippen LogP contribution is 2.39. The average molecular weight is 620 g/mol. The predicted octanol–water partition coefficient (Wildman–Crippen LogP) is 3.48. The highest BCUT2D eigenvalue weighted by molar-refractivity contribution is 5.93. The summed E-state index contributed by atoms with van der Waals surface area (Å²) in [5.74, 6) is -27.8. The van der Waals surface area contributed by atoms with Gasteiger partial charge in [0, 0.05) is 0 Å². The van der Waals surface area contributed by atoms with Gasteiger partial charge in [-0.05, 0) is 0 Å². The molecule has 0 unspecified atom stereocenters. The standard InChI is InChI=1S/C6F10O3.C4F6O3.C4H4O3/c7-3(8,5(11,12)13)1(17)19-2(18)4(9,10)6(14,15)16;5-3(6,7)1(11)13-2(12)4(8,9)10;5-3-1-2-4(6)7-3/h;;1-2H2.